The van der Waals surface area contributed by atoms with E-state index < -0.39 is 7.26 Å². The van der Waals surface area contributed by atoms with Crippen molar-refractivity contribution in [2.75, 3.05) is 28.0 Å². The first-order valence-electron chi connectivity index (χ1n) is 8.55. The van der Waals surface area contributed by atoms with Crippen LogP contribution in [0.3, 0.4) is 0 Å². The van der Waals surface area contributed by atoms with Crippen molar-refractivity contribution >= 4 is 23.2 Å². The van der Waals surface area contributed by atoms with Crippen LogP contribution < -0.4 is 30.1 Å². The minimum absolute atomic E-state index is 0.870. The average molecular weight is 368 g/mol. The Bertz CT molecular complexity index is 724. The van der Waals surface area contributed by atoms with Gasteiger partial charge in [-0.2, -0.15) is 0 Å². The van der Waals surface area contributed by atoms with Gasteiger partial charge >= 0.3 is 155 Å². The molecule has 3 nitrogen and oxygen atoms in total. The molecule has 0 atom stereocenters. The van der Waals surface area contributed by atoms with Gasteiger partial charge in [0.25, 0.3) is 0 Å². The van der Waals surface area contributed by atoms with Crippen molar-refractivity contribution in [2.45, 2.75) is 0 Å². The SMILES string of the molecule is COc1ccc([PH](C)(c2ccc(OC)cc2)c2ccc(OC)cc2)cc1. The molecule has 0 unspecified atom stereocenters. The van der Waals surface area contributed by atoms with Crippen LogP contribution in [0.2, 0.25) is 0 Å². The van der Waals surface area contributed by atoms with E-state index in [2.05, 4.69) is 43.1 Å². The summed E-state index contributed by atoms with van der Waals surface area (Å²) >= 11 is 0. The fourth-order valence-corrected chi connectivity index (χ4v) is 6.77. The van der Waals surface area contributed by atoms with Gasteiger partial charge in [-0.15, -0.1) is 0 Å². The second kappa shape index (κ2) is 7.80. The Kier molecular flexibility index (Phi) is 5.49. The van der Waals surface area contributed by atoms with Crippen molar-refractivity contribution < 1.29 is 14.2 Å². The molecular formula is C22H25O3P. The van der Waals surface area contributed by atoms with Gasteiger partial charge in [0.1, 0.15) is 0 Å². The number of hydrogen-bond acceptors (Lipinski definition) is 3. The molecule has 0 heterocycles. The number of hydrogen-bond donors (Lipinski definition) is 0. The Labute approximate surface area is 155 Å². The van der Waals surface area contributed by atoms with Crippen LogP contribution in [0.5, 0.6) is 17.2 Å². The molecule has 0 fully saturated rings. The van der Waals surface area contributed by atoms with E-state index in [0.29, 0.717) is 0 Å². The molecule has 3 aromatic carbocycles. The predicted octanol–water partition coefficient (Wildman–Crippen LogP) is 3.37. The zero-order chi connectivity index (χ0) is 18.6. The maximum atomic E-state index is 5.34. The van der Waals surface area contributed by atoms with E-state index in [1.807, 2.05) is 36.4 Å². The van der Waals surface area contributed by atoms with Crippen molar-refractivity contribution in [2.24, 2.45) is 0 Å². The van der Waals surface area contributed by atoms with E-state index in [4.69, 9.17) is 14.2 Å². The third-order valence-electron chi connectivity index (χ3n) is 5.00. The zero-order valence-electron chi connectivity index (χ0n) is 15.7. The summed E-state index contributed by atoms with van der Waals surface area (Å²) in [5, 5.41) is 3.98. The van der Waals surface area contributed by atoms with Gasteiger partial charge in [-0.25, -0.2) is 0 Å². The van der Waals surface area contributed by atoms with E-state index in [-0.39, 0.29) is 0 Å². The molecule has 0 spiro atoms. The molecule has 0 saturated heterocycles. The second-order valence-electron chi connectivity index (χ2n) is 6.31. The first-order chi connectivity index (χ1) is 12.6. The molecule has 3 rings (SSSR count). The van der Waals surface area contributed by atoms with Gasteiger partial charge in [-0.05, 0) is 0 Å². The normalized spacial score (nSPS) is 11.7. The Morgan fingerprint density at radius 3 is 0.885 bits per heavy atom. The summed E-state index contributed by atoms with van der Waals surface area (Å²) in [4.78, 5) is 0. The van der Waals surface area contributed by atoms with Crippen LogP contribution >= 0.6 is 7.26 Å². The van der Waals surface area contributed by atoms with Gasteiger partial charge in [0.15, 0.2) is 0 Å². The van der Waals surface area contributed by atoms with E-state index in [1.165, 1.54) is 15.9 Å². The molecule has 0 aromatic heterocycles. The molecule has 0 aliphatic carbocycles. The van der Waals surface area contributed by atoms with E-state index in [1.54, 1.807) is 21.3 Å². The summed E-state index contributed by atoms with van der Waals surface area (Å²) in [7, 11) is 2.93. The van der Waals surface area contributed by atoms with Crippen LogP contribution in [0.4, 0.5) is 0 Å². The summed E-state index contributed by atoms with van der Waals surface area (Å²) in [6.07, 6.45) is 0. The van der Waals surface area contributed by atoms with Crippen LogP contribution in [0, 0.1) is 0 Å². The predicted molar refractivity (Wildman–Crippen MR) is 112 cm³/mol. The fraction of sp³-hybridized carbons (Fsp3) is 0.182. The molecule has 0 bridgehead atoms. The van der Waals surface area contributed by atoms with Gasteiger partial charge in [-0.1, -0.05) is 0 Å². The van der Waals surface area contributed by atoms with Crippen LogP contribution in [-0.2, 0) is 0 Å². The van der Waals surface area contributed by atoms with Crippen molar-refractivity contribution in [3.05, 3.63) is 72.8 Å². The van der Waals surface area contributed by atoms with Crippen LogP contribution in [0.1, 0.15) is 0 Å². The molecule has 0 amide bonds. The number of benzene rings is 3. The van der Waals surface area contributed by atoms with Crippen molar-refractivity contribution in [1.82, 2.24) is 0 Å². The Morgan fingerprint density at radius 2 is 0.692 bits per heavy atom. The third-order valence-corrected chi connectivity index (χ3v) is 9.47. The number of rotatable bonds is 6. The molecule has 3 aromatic rings. The topological polar surface area (TPSA) is 27.7 Å². The van der Waals surface area contributed by atoms with Gasteiger partial charge in [-0.3, -0.25) is 0 Å². The van der Waals surface area contributed by atoms with Gasteiger partial charge < -0.3 is 0 Å². The van der Waals surface area contributed by atoms with Crippen LogP contribution in [0.25, 0.3) is 0 Å². The van der Waals surface area contributed by atoms with Crippen molar-refractivity contribution in [3.63, 3.8) is 0 Å². The van der Waals surface area contributed by atoms with E-state index in [0.717, 1.165) is 17.2 Å². The quantitative estimate of drug-likeness (QED) is 0.625. The molecule has 136 valence electrons. The molecular weight excluding hydrogens is 343 g/mol. The standard InChI is InChI=1S/C22H25O3P/c1-23-17-5-11-20(12-6-17)26(4,21-13-7-18(24-2)8-14-21)22-15-9-19(25-3)10-16-22/h5-16,26H,1-4H3. The molecule has 0 aliphatic rings. The summed E-state index contributed by atoms with van der Waals surface area (Å²) in [6.45, 7) is 2.37. The van der Waals surface area contributed by atoms with Gasteiger partial charge in [0.05, 0.1) is 0 Å². The van der Waals surface area contributed by atoms with Gasteiger partial charge in [0.2, 0.25) is 0 Å². The van der Waals surface area contributed by atoms with Crippen LogP contribution in [0.15, 0.2) is 72.8 Å². The first kappa shape index (κ1) is 18.3. The van der Waals surface area contributed by atoms with Crippen molar-refractivity contribution in [3.8, 4) is 17.2 Å². The maximum absolute atomic E-state index is 5.34. The van der Waals surface area contributed by atoms with Crippen molar-refractivity contribution in [1.29, 1.82) is 0 Å². The monoisotopic (exact) mass is 368 g/mol. The third kappa shape index (κ3) is 3.40. The number of methoxy groups -OCH3 is 3. The Balaban J connectivity index is 2.15. The summed E-state index contributed by atoms with van der Waals surface area (Å²) in [6, 6.07) is 25.3. The molecule has 0 N–H and O–H groups in total. The fourth-order valence-electron chi connectivity index (χ4n) is 3.27. The van der Waals surface area contributed by atoms with Gasteiger partial charge in [0, 0.05) is 0 Å². The second-order valence-corrected chi connectivity index (χ2v) is 10.3. The molecule has 4 heteroatoms. The molecule has 26 heavy (non-hydrogen) atoms. The van der Waals surface area contributed by atoms with E-state index >= 15 is 0 Å². The van der Waals surface area contributed by atoms with Crippen LogP contribution in [-0.4, -0.2) is 28.0 Å². The summed E-state index contributed by atoms with van der Waals surface area (Å²) < 4.78 is 16.0. The molecule has 0 saturated carbocycles. The summed E-state index contributed by atoms with van der Waals surface area (Å²) in [5.41, 5.74) is 0. The molecule has 0 aliphatic heterocycles. The first-order valence-corrected chi connectivity index (χ1v) is 11.1. The van der Waals surface area contributed by atoms with E-state index in [9.17, 15) is 0 Å². The Morgan fingerprint density at radius 1 is 0.462 bits per heavy atom. The Hall–Kier alpha value is -2.51. The average Bonchev–Trinajstić information content (AvgIpc) is 2.73. The number of ether oxygens (including phenoxy) is 3. The zero-order valence-corrected chi connectivity index (χ0v) is 16.7. The molecule has 0 radical (unpaired) electrons. The summed E-state index contributed by atoms with van der Waals surface area (Å²) in [5.74, 6) is 2.61. The minimum atomic E-state index is -2.15.